The molecule has 0 saturated carbocycles. The van der Waals surface area contributed by atoms with Crippen molar-refractivity contribution >= 4 is 17.7 Å². The number of nitrogens with zero attached hydrogens (tertiary/aromatic N) is 1. The molecule has 0 atom stereocenters. The van der Waals surface area contributed by atoms with E-state index in [1.165, 1.54) is 6.08 Å². The molecule has 0 N–H and O–H groups in total. The highest BCUT2D eigenvalue weighted by Gasteiger charge is 2.21. The van der Waals surface area contributed by atoms with Gasteiger partial charge in [0.15, 0.2) is 0 Å². The number of amides is 1. The van der Waals surface area contributed by atoms with E-state index in [4.69, 9.17) is 0 Å². The fourth-order valence-electron chi connectivity index (χ4n) is 2.03. The number of allylic oxidation sites excluding steroid dienone is 1. The number of halogens is 1. The van der Waals surface area contributed by atoms with Gasteiger partial charge in [-0.3, -0.25) is 4.79 Å². The highest BCUT2D eigenvalue weighted by molar-refractivity contribution is 5.93. The van der Waals surface area contributed by atoms with E-state index in [0.29, 0.717) is 0 Å². The molecule has 16 heavy (non-hydrogen) atoms. The Hall–Kier alpha value is -1.64. The van der Waals surface area contributed by atoms with Gasteiger partial charge in [0.1, 0.15) is 6.67 Å². The number of hydrogen-bond acceptors (Lipinski definition) is 1. The number of carbonyl (C=O) groups excluding carboxylic acids is 1. The summed E-state index contributed by atoms with van der Waals surface area (Å²) in [7, 11) is 0. The molecule has 0 spiro atoms. The molecule has 0 radical (unpaired) electrons. The normalized spacial score (nSPS) is 14.5. The largest absolute Gasteiger partial charge is 0.312 e. The highest BCUT2D eigenvalue weighted by Crippen LogP contribution is 2.29. The second kappa shape index (κ2) is 4.47. The first-order valence-electron chi connectivity index (χ1n) is 5.36. The molecule has 2 nitrogen and oxygen atoms in total. The van der Waals surface area contributed by atoms with Gasteiger partial charge in [0.25, 0.3) is 0 Å². The molecule has 0 aromatic heterocycles. The summed E-state index contributed by atoms with van der Waals surface area (Å²) < 4.78 is 12.0. The SMILES string of the molecule is CC(=O)N1CCc2cc(/C=C/CF)ccc21. The van der Waals surface area contributed by atoms with Crippen LogP contribution in [0.2, 0.25) is 0 Å². The molecule has 1 aromatic carbocycles. The minimum absolute atomic E-state index is 0.0748. The van der Waals surface area contributed by atoms with Gasteiger partial charge in [0.05, 0.1) is 0 Å². The number of rotatable bonds is 2. The molecule has 0 unspecified atom stereocenters. The Kier molecular flexibility index (Phi) is 3.04. The second-order valence-electron chi connectivity index (χ2n) is 3.87. The summed E-state index contributed by atoms with van der Waals surface area (Å²) in [6, 6.07) is 5.86. The van der Waals surface area contributed by atoms with Crippen molar-refractivity contribution in [2.24, 2.45) is 0 Å². The Balaban J connectivity index is 2.29. The van der Waals surface area contributed by atoms with E-state index in [1.54, 1.807) is 17.9 Å². The maximum Gasteiger partial charge on any atom is 0.223 e. The Bertz CT molecular complexity index is 440. The van der Waals surface area contributed by atoms with Crippen LogP contribution in [0.3, 0.4) is 0 Å². The van der Waals surface area contributed by atoms with E-state index in [9.17, 15) is 9.18 Å². The third-order valence-electron chi connectivity index (χ3n) is 2.78. The first-order chi connectivity index (χ1) is 7.72. The van der Waals surface area contributed by atoms with E-state index in [0.717, 1.165) is 29.8 Å². The maximum absolute atomic E-state index is 12.0. The van der Waals surface area contributed by atoms with E-state index in [1.807, 2.05) is 18.2 Å². The third kappa shape index (κ3) is 1.98. The van der Waals surface area contributed by atoms with Crippen LogP contribution in [0.15, 0.2) is 24.3 Å². The Labute approximate surface area is 94.4 Å². The molecule has 1 amide bonds. The van der Waals surface area contributed by atoms with Crippen molar-refractivity contribution in [3.63, 3.8) is 0 Å². The lowest BCUT2D eigenvalue weighted by Gasteiger charge is -2.14. The average molecular weight is 219 g/mol. The second-order valence-corrected chi connectivity index (χ2v) is 3.87. The van der Waals surface area contributed by atoms with E-state index in [2.05, 4.69) is 0 Å². The van der Waals surface area contributed by atoms with Gasteiger partial charge in [-0.25, -0.2) is 4.39 Å². The predicted molar refractivity (Wildman–Crippen MR) is 63.2 cm³/mol. The van der Waals surface area contributed by atoms with Crippen LogP contribution in [0.5, 0.6) is 0 Å². The number of benzene rings is 1. The number of carbonyl (C=O) groups is 1. The van der Waals surface area contributed by atoms with Gasteiger partial charge in [0, 0.05) is 19.2 Å². The summed E-state index contributed by atoms with van der Waals surface area (Å²) in [6.45, 7) is 1.88. The number of hydrogen-bond donors (Lipinski definition) is 0. The maximum atomic E-state index is 12.0. The number of alkyl halides is 1. The first kappa shape index (κ1) is 10.9. The molecular weight excluding hydrogens is 205 g/mol. The summed E-state index contributed by atoms with van der Waals surface area (Å²) in [6.07, 6.45) is 4.13. The first-order valence-corrected chi connectivity index (χ1v) is 5.36. The van der Waals surface area contributed by atoms with Gasteiger partial charge in [-0.2, -0.15) is 0 Å². The zero-order valence-corrected chi connectivity index (χ0v) is 9.24. The van der Waals surface area contributed by atoms with Gasteiger partial charge in [-0.1, -0.05) is 18.2 Å². The smallest absolute Gasteiger partial charge is 0.223 e. The van der Waals surface area contributed by atoms with E-state index >= 15 is 0 Å². The van der Waals surface area contributed by atoms with E-state index in [-0.39, 0.29) is 5.91 Å². The summed E-state index contributed by atoms with van der Waals surface area (Å²) in [5.74, 6) is 0.0748. The third-order valence-corrected chi connectivity index (χ3v) is 2.78. The minimum Gasteiger partial charge on any atom is -0.312 e. The van der Waals surface area contributed by atoms with E-state index < -0.39 is 6.67 Å². The topological polar surface area (TPSA) is 20.3 Å². The summed E-state index contributed by atoms with van der Waals surface area (Å²) in [5.41, 5.74) is 3.14. The van der Waals surface area contributed by atoms with Crippen molar-refractivity contribution in [1.29, 1.82) is 0 Å². The molecule has 0 fully saturated rings. The Morgan fingerprint density at radius 2 is 2.38 bits per heavy atom. The molecule has 84 valence electrons. The van der Waals surface area contributed by atoms with Crippen molar-refractivity contribution in [2.45, 2.75) is 13.3 Å². The van der Waals surface area contributed by atoms with Gasteiger partial charge in [0.2, 0.25) is 5.91 Å². The van der Waals surface area contributed by atoms with Crippen molar-refractivity contribution in [3.8, 4) is 0 Å². The number of fused-ring (bicyclic) bond motifs is 1. The van der Waals surface area contributed by atoms with Crippen LogP contribution in [0.25, 0.3) is 6.08 Å². The summed E-state index contributed by atoms with van der Waals surface area (Å²) in [4.78, 5) is 13.1. The average Bonchev–Trinajstić information content (AvgIpc) is 2.69. The molecule has 1 aliphatic heterocycles. The molecular formula is C13H14FNO. The highest BCUT2D eigenvalue weighted by atomic mass is 19.1. The Morgan fingerprint density at radius 3 is 3.06 bits per heavy atom. The van der Waals surface area contributed by atoms with Gasteiger partial charge < -0.3 is 4.90 Å². The standard InChI is InChI=1S/C13H14FNO/c1-10(16)15-8-6-12-9-11(3-2-7-14)4-5-13(12)15/h2-5,9H,6-8H2,1H3/b3-2+. The molecule has 1 aromatic rings. The lowest BCUT2D eigenvalue weighted by molar-refractivity contribution is -0.116. The molecule has 2 rings (SSSR count). The Morgan fingerprint density at radius 1 is 1.56 bits per heavy atom. The fourth-order valence-corrected chi connectivity index (χ4v) is 2.03. The van der Waals surface area contributed by atoms with Crippen molar-refractivity contribution in [3.05, 3.63) is 35.4 Å². The predicted octanol–water partition coefficient (Wildman–Crippen LogP) is 2.58. The summed E-state index contributed by atoms with van der Waals surface area (Å²) >= 11 is 0. The molecule has 0 aliphatic carbocycles. The van der Waals surface area contributed by atoms with Crippen LogP contribution in [-0.4, -0.2) is 19.1 Å². The molecule has 3 heteroatoms. The van der Waals surface area contributed by atoms with Crippen molar-refractivity contribution in [2.75, 3.05) is 18.1 Å². The molecule has 1 aliphatic rings. The quantitative estimate of drug-likeness (QED) is 0.748. The lowest BCUT2D eigenvalue weighted by Crippen LogP contribution is -2.25. The van der Waals surface area contributed by atoms with Crippen LogP contribution in [-0.2, 0) is 11.2 Å². The van der Waals surface area contributed by atoms with Gasteiger partial charge >= 0.3 is 0 Å². The zero-order valence-electron chi connectivity index (χ0n) is 9.24. The van der Waals surface area contributed by atoms with Gasteiger partial charge in [-0.15, -0.1) is 0 Å². The van der Waals surface area contributed by atoms with Crippen LogP contribution in [0.1, 0.15) is 18.1 Å². The number of anilines is 1. The summed E-state index contributed by atoms with van der Waals surface area (Å²) in [5, 5.41) is 0. The molecule has 0 saturated heterocycles. The van der Waals surface area contributed by atoms with Gasteiger partial charge in [-0.05, 0) is 29.7 Å². The van der Waals surface area contributed by atoms with Crippen LogP contribution < -0.4 is 4.90 Å². The van der Waals surface area contributed by atoms with Crippen molar-refractivity contribution < 1.29 is 9.18 Å². The lowest BCUT2D eigenvalue weighted by atomic mass is 10.1. The van der Waals surface area contributed by atoms with Crippen LogP contribution in [0.4, 0.5) is 10.1 Å². The molecule has 1 heterocycles. The van der Waals surface area contributed by atoms with Crippen molar-refractivity contribution in [1.82, 2.24) is 0 Å². The van der Waals surface area contributed by atoms with Crippen LogP contribution in [0, 0.1) is 0 Å². The zero-order chi connectivity index (χ0) is 11.5. The fraction of sp³-hybridized carbons (Fsp3) is 0.308. The van der Waals surface area contributed by atoms with Crippen LogP contribution >= 0.6 is 0 Å². The molecule has 0 bridgehead atoms. The monoisotopic (exact) mass is 219 g/mol. The minimum atomic E-state index is -0.448.